The number of sulfonamides is 1. The molecule has 1 N–H and O–H groups in total. The van der Waals surface area contributed by atoms with Gasteiger partial charge >= 0.3 is 0 Å². The van der Waals surface area contributed by atoms with E-state index in [0.29, 0.717) is 22.3 Å². The molecule has 0 fully saturated rings. The molecule has 0 saturated carbocycles. The smallest absolute Gasteiger partial charge is 0.243 e. The highest BCUT2D eigenvalue weighted by Crippen LogP contribution is 2.27. The summed E-state index contributed by atoms with van der Waals surface area (Å²) in [5.41, 5.74) is 1.23. The summed E-state index contributed by atoms with van der Waals surface area (Å²) in [4.78, 5) is 13.0. The number of carbonyl (C=O) groups excluding carboxylic acids is 1. The second-order valence-corrected chi connectivity index (χ2v) is 11.1. The lowest BCUT2D eigenvalue weighted by Crippen LogP contribution is -2.38. The van der Waals surface area contributed by atoms with Crippen LogP contribution in [0.25, 0.3) is 5.69 Å². The molecule has 1 heterocycles. The van der Waals surface area contributed by atoms with E-state index < -0.39 is 15.9 Å². The number of amides is 1. The first-order valence-electron chi connectivity index (χ1n) is 10.8. The summed E-state index contributed by atoms with van der Waals surface area (Å²) >= 11 is 6.02. The third-order valence-corrected chi connectivity index (χ3v) is 7.37. The van der Waals surface area contributed by atoms with Crippen molar-refractivity contribution in [2.45, 2.75) is 38.0 Å². The summed E-state index contributed by atoms with van der Waals surface area (Å²) in [6, 6.07) is 14.9. The van der Waals surface area contributed by atoms with E-state index in [4.69, 9.17) is 16.3 Å². The van der Waals surface area contributed by atoms with E-state index in [1.165, 1.54) is 19.2 Å². The van der Waals surface area contributed by atoms with Gasteiger partial charge in [0.2, 0.25) is 15.9 Å². The first kappa shape index (κ1) is 25.7. The van der Waals surface area contributed by atoms with E-state index in [2.05, 4.69) is 10.4 Å². The molecule has 34 heavy (non-hydrogen) atoms. The Morgan fingerprint density at radius 2 is 1.74 bits per heavy atom. The number of carbonyl (C=O) groups is 1. The molecule has 3 rings (SSSR count). The molecule has 0 aliphatic rings. The molecule has 0 spiro atoms. The van der Waals surface area contributed by atoms with Gasteiger partial charge < -0.3 is 10.1 Å². The molecule has 1 aromatic heterocycles. The van der Waals surface area contributed by atoms with Crippen molar-refractivity contribution < 1.29 is 17.9 Å². The van der Waals surface area contributed by atoms with Crippen molar-refractivity contribution >= 4 is 33.3 Å². The monoisotopic (exact) mass is 504 g/mol. The fourth-order valence-electron chi connectivity index (χ4n) is 3.22. The predicted octanol–water partition coefficient (Wildman–Crippen LogP) is 4.48. The van der Waals surface area contributed by atoms with Crippen LogP contribution in [0.4, 0.5) is 5.82 Å². The van der Waals surface area contributed by atoms with Gasteiger partial charge in [0.05, 0.1) is 29.9 Å². The third kappa shape index (κ3) is 5.78. The van der Waals surface area contributed by atoms with Crippen LogP contribution in [-0.4, -0.2) is 48.6 Å². The van der Waals surface area contributed by atoms with Crippen molar-refractivity contribution in [3.05, 3.63) is 65.3 Å². The largest absolute Gasteiger partial charge is 0.497 e. The first-order chi connectivity index (χ1) is 16.0. The summed E-state index contributed by atoms with van der Waals surface area (Å²) in [6.45, 7) is 7.53. The number of aromatic nitrogens is 2. The summed E-state index contributed by atoms with van der Waals surface area (Å²) in [5, 5.41) is 8.07. The van der Waals surface area contributed by atoms with Crippen LogP contribution in [0.1, 0.15) is 33.4 Å². The number of halogens is 1. The average molecular weight is 505 g/mol. The topological polar surface area (TPSA) is 93.5 Å². The molecule has 1 amide bonds. The summed E-state index contributed by atoms with van der Waals surface area (Å²) in [6.07, 6.45) is 0. The third-order valence-electron chi connectivity index (χ3n) is 5.19. The molecule has 0 aliphatic carbocycles. The lowest BCUT2D eigenvalue weighted by atomic mass is 9.92. The zero-order chi connectivity index (χ0) is 25.1. The number of ether oxygens (including phenoxy) is 1. The van der Waals surface area contributed by atoms with Crippen LogP contribution in [-0.2, 0) is 20.2 Å². The van der Waals surface area contributed by atoms with Crippen molar-refractivity contribution in [2.75, 3.05) is 25.5 Å². The first-order valence-corrected chi connectivity index (χ1v) is 12.6. The van der Waals surface area contributed by atoms with Crippen molar-refractivity contribution in [3.63, 3.8) is 0 Å². The van der Waals surface area contributed by atoms with Gasteiger partial charge in [0.25, 0.3) is 0 Å². The van der Waals surface area contributed by atoms with Crippen molar-refractivity contribution in [1.82, 2.24) is 14.1 Å². The molecule has 8 nitrogen and oxygen atoms in total. The highest BCUT2D eigenvalue weighted by atomic mass is 35.5. The maximum absolute atomic E-state index is 13.1. The van der Waals surface area contributed by atoms with Gasteiger partial charge in [-0.05, 0) is 48.5 Å². The molecule has 10 heteroatoms. The van der Waals surface area contributed by atoms with E-state index in [-0.39, 0.29) is 23.4 Å². The quantitative estimate of drug-likeness (QED) is 0.488. The summed E-state index contributed by atoms with van der Waals surface area (Å²) < 4.78 is 34.0. The van der Waals surface area contributed by atoms with E-state index >= 15 is 0 Å². The van der Waals surface area contributed by atoms with Crippen LogP contribution in [0.3, 0.4) is 0 Å². The van der Waals surface area contributed by atoms with Gasteiger partial charge in [-0.2, -0.15) is 9.40 Å². The minimum atomic E-state index is -3.87. The summed E-state index contributed by atoms with van der Waals surface area (Å²) in [7, 11) is -2.36. The van der Waals surface area contributed by atoms with Gasteiger partial charge in [0, 0.05) is 23.0 Å². The standard InChI is InChI=1S/C24H29ClN4O4S/c1-6-28(34(31,32)20-13-11-19(33-5)12-14-20)16-23(30)26-22-15-21(24(2,3)4)27-29(22)18-9-7-17(25)8-10-18/h7-15H,6,16H2,1-5H3,(H,26,30). The van der Waals surface area contributed by atoms with Crippen molar-refractivity contribution in [1.29, 1.82) is 0 Å². The number of nitrogens with zero attached hydrogens (tertiary/aromatic N) is 3. The van der Waals surface area contributed by atoms with Crippen molar-refractivity contribution in [3.8, 4) is 11.4 Å². The molecule has 0 bridgehead atoms. The molecule has 2 aromatic carbocycles. The number of nitrogens with one attached hydrogen (secondary N) is 1. The Morgan fingerprint density at radius 3 is 2.26 bits per heavy atom. The van der Waals surface area contributed by atoms with Gasteiger partial charge in [-0.1, -0.05) is 39.3 Å². The summed E-state index contributed by atoms with van der Waals surface area (Å²) in [5.74, 6) is 0.509. The van der Waals surface area contributed by atoms with Gasteiger partial charge in [0.1, 0.15) is 11.6 Å². The Balaban J connectivity index is 1.86. The Morgan fingerprint density at radius 1 is 1.12 bits per heavy atom. The maximum atomic E-state index is 13.1. The molecule has 0 aliphatic heterocycles. The van der Waals surface area contributed by atoms with E-state index in [0.717, 1.165) is 10.00 Å². The van der Waals surface area contributed by atoms with E-state index in [1.807, 2.05) is 20.8 Å². The maximum Gasteiger partial charge on any atom is 0.243 e. The molecular formula is C24H29ClN4O4S. The molecule has 0 saturated heterocycles. The fourth-order valence-corrected chi connectivity index (χ4v) is 4.75. The van der Waals surface area contributed by atoms with Crippen LogP contribution < -0.4 is 10.1 Å². The number of anilines is 1. The van der Waals surface area contributed by atoms with Gasteiger partial charge in [-0.25, -0.2) is 13.1 Å². The van der Waals surface area contributed by atoms with Gasteiger partial charge in [-0.3, -0.25) is 4.79 Å². The average Bonchev–Trinajstić information content (AvgIpc) is 3.22. The SMILES string of the molecule is CCN(CC(=O)Nc1cc(C(C)(C)C)nn1-c1ccc(Cl)cc1)S(=O)(=O)c1ccc(OC)cc1. The molecule has 0 unspecified atom stereocenters. The number of hydrogen-bond acceptors (Lipinski definition) is 5. The molecule has 0 radical (unpaired) electrons. The van der Waals surface area contributed by atoms with Gasteiger partial charge in [0.15, 0.2) is 0 Å². The number of rotatable bonds is 8. The Bertz CT molecular complexity index is 1250. The predicted molar refractivity (Wildman–Crippen MR) is 133 cm³/mol. The lowest BCUT2D eigenvalue weighted by Gasteiger charge is -2.20. The lowest BCUT2D eigenvalue weighted by molar-refractivity contribution is -0.116. The molecule has 0 atom stereocenters. The van der Waals surface area contributed by atoms with E-state index in [1.54, 1.807) is 54.1 Å². The number of likely N-dealkylation sites (N-methyl/N-ethyl adjacent to an activating group) is 1. The number of methoxy groups -OCH3 is 1. The molecular weight excluding hydrogens is 476 g/mol. The number of benzene rings is 2. The Labute approximate surface area is 205 Å². The second-order valence-electron chi connectivity index (χ2n) is 8.71. The normalized spacial score (nSPS) is 12.1. The second kappa shape index (κ2) is 10.2. The van der Waals surface area contributed by atoms with Gasteiger partial charge in [-0.15, -0.1) is 0 Å². The molecule has 3 aromatic rings. The minimum absolute atomic E-state index is 0.0872. The molecule has 182 valence electrons. The van der Waals surface area contributed by atoms with Crippen LogP contribution in [0.15, 0.2) is 59.5 Å². The highest BCUT2D eigenvalue weighted by molar-refractivity contribution is 7.89. The van der Waals surface area contributed by atoms with Crippen LogP contribution in [0.5, 0.6) is 5.75 Å². The van der Waals surface area contributed by atoms with E-state index in [9.17, 15) is 13.2 Å². The van der Waals surface area contributed by atoms with Crippen LogP contribution in [0.2, 0.25) is 5.02 Å². The van der Waals surface area contributed by atoms with Crippen LogP contribution >= 0.6 is 11.6 Å². The zero-order valence-electron chi connectivity index (χ0n) is 19.9. The highest BCUT2D eigenvalue weighted by Gasteiger charge is 2.27. The minimum Gasteiger partial charge on any atom is -0.497 e. The van der Waals surface area contributed by atoms with Crippen molar-refractivity contribution in [2.24, 2.45) is 0 Å². The number of hydrogen-bond donors (Lipinski definition) is 1. The fraction of sp³-hybridized carbons (Fsp3) is 0.333. The van der Waals surface area contributed by atoms with Crippen LogP contribution in [0, 0.1) is 0 Å². The zero-order valence-corrected chi connectivity index (χ0v) is 21.4. The Hall–Kier alpha value is -2.88. The Kier molecular flexibility index (Phi) is 7.70.